The van der Waals surface area contributed by atoms with Gasteiger partial charge in [-0.1, -0.05) is 152 Å². The average Bonchev–Trinajstić information content (AvgIpc) is 3.28. The van der Waals surface area contributed by atoms with Gasteiger partial charge in [0.2, 0.25) is 0 Å². The second kappa shape index (κ2) is 13.4. The van der Waals surface area contributed by atoms with E-state index in [1.807, 2.05) is 91.0 Å². The molecule has 2 heteroatoms. The van der Waals surface area contributed by atoms with E-state index in [0.717, 1.165) is 39.6 Å². The lowest BCUT2D eigenvalue weighted by Crippen LogP contribution is -2.10. The number of anilines is 6. The van der Waals surface area contributed by atoms with Gasteiger partial charge in [-0.05, 0) is 116 Å². The van der Waals surface area contributed by atoms with E-state index in [1.165, 1.54) is 32.3 Å². The van der Waals surface area contributed by atoms with Crippen LogP contribution >= 0.6 is 0 Å². The summed E-state index contributed by atoms with van der Waals surface area (Å²) >= 11 is 0. The number of nitrogens with zero attached hydrogens (tertiary/aromatic N) is 2. The third-order valence-corrected chi connectivity index (χ3v) is 10.2. The van der Waals surface area contributed by atoms with E-state index in [0.29, 0.717) is 5.56 Å². The molecule has 0 fully saturated rings. The van der Waals surface area contributed by atoms with Crippen LogP contribution in [0.2, 0.25) is 0 Å². The minimum absolute atomic E-state index is 0.0856. The molecule has 254 valence electrons. The standard InChI is InChI=1S/C52H36N2/c1-4-15-44(16-5-1)53(45-17-6-2-7-18-45)47-32-28-39(29-33-47)37-22-24-38(25-23-37)40-30-34-48(35-31-40)54(46-19-8-3-9-20-46)50-36-43-14-10-12-41-26-27-42-13-11-21-49(50)52(42)51(41)43/h1-36H/i28D,29D,32D,33D. The molecule has 0 aliphatic heterocycles. The van der Waals surface area contributed by atoms with Crippen molar-refractivity contribution in [1.29, 1.82) is 0 Å². The van der Waals surface area contributed by atoms with Crippen LogP contribution in [0.3, 0.4) is 0 Å². The summed E-state index contributed by atoms with van der Waals surface area (Å²) in [6, 6.07) is 65.3. The van der Waals surface area contributed by atoms with Crippen LogP contribution in [0, 0.1) is 0 Å². The van der Waals surface area contributed by atoms with Gasteiger partial charge in [0.05, 0.1) is 11.2 Å². The summed E-state index contributed by atoms with van der Waals surface area (Å²) in [7, 11) is 0. The smallest absolute Gasteiger partial charge is 0.0645 e. The maximum Gasteiger partial charge on any atom is 0.0645 e. The highest BCUT2D eigenvalue weighted by Gasteiger charge is 2.19. The Bertz CT molecular complexity index is 3010. The second-order valence-electron chi connectivity index (χ2n) is 13.5. The van der Waals surface area contributed by atoms with Gasteiger partial charge < -0.3 is 9.80 Å². The molecule has 0 radical (unpaired) electrons. The Balaban J connectivity index is 1.02. The summed E-state index contributed by atoms with van der Waals surface area (Å²) in [6.45, 7) is 0. The quantitative estimate of drug-likeness (QED) is 0.146. The van der Waals surface area contributed by atoms with Crippen molar-refractivity contribution in [1.82, 2.24) is 0 Å². The molecule has 10 rings (SSSR count). The summed E-state index contributed by atoms with van der Waals surface area (Å²) in [5, 5.41) is 7.42. The molecule has 0 aromatic heterocycles. The summed E-state index contributed by atoms with van der Waals surface area (Å²) in [4.78, 5) is 4.12. The second-order valence-corrected chi connectivity index (χ2v) is 13.5. The van der Waals surface area contributed by atoms with Gasteiger partial charge in [0, 0.05) is 33.8 Å². The third-order valence-electron chi connectivity index (χ3n) is 10.2. The Kier molecular flexibility index (Phi) is 6.84. The van der Waals surface area contributed by atoms with E-state index in [2.05, 4.69) is 108 Å². The van der Waals surface area contributed by atoms with E-state index in [4.69, 9.17) is 2.74 Å². The van der Waals surface area contributed by atoms with Gasteiger partial charge in [0.15, 0.2) is 0 Å². The summed E-state index contributed by atoms with van der Waals surface area (Å²) < 4.78 is 36.6. The number of hydrogen-bond acceptors (Lipinski definition) is 2. The predicted molar refractivity (Wildman–Crippen MR) is 230 cm³/mol. The molecule has 0 N–H and O–H groups in total. The fraction of sp³-hybridized carbons (Fsp3) is 0. The van der Waals surface area contributed by atoms with Crippen molar-refractivity contribution < 1.29 is 5.48 Å². The Morgan fingerprint density at radius 1 is 0.296 bits per heavy atom. The number of para-hydroxylation sites is 3. The molecule has 0 saturated heterocycles. The first-order valence-corrected chi connectivity index (χ1v) is 18.2. The largest absolute Gasteiger partial charge is 0.311 e. The van der Waals surface area contributed by atoms with Crippen LogP contribution in [0.1, 0.15) is 5.48 Å². The molecule has 0 atom stereocenters. The molecule has 0 unspecified atom stereocenters. The van der Waals surface area contributed by atoms with Gasteiger partial charge in [0.1, 0.15) is 0 Å². The van der Waals surface area contributed by atoms with Gasteiger partial charge in [-0.15, -0.1) is 0 Å². The molecule has 0 aliphatic rings. The number of hydrogen-bond donors (Lipinski definition) is 0. The minimum Gasteiger partial charge on any atom is -0.311 e. The van der Waals surface area contributed by atoms with Gasteiger partial charge in [-0.25, -0.2) is 0 Å². The normalized spacial score (nSPS) is 12.4. The molecular weight excluding hydrogens is 653 g/mol. The maximum atomic E-state index is 9.18. The van der Waals surface area contributed by atoms with E-state index in [1.54, 1.807) is 4.90 Å². The van der Waals surface area contributed by atoms with Crippen molar-refractivity contribution in [3.05, 3.63) is 218 Å². The zero-order chi connectivity index (χ0) is 39.3. The van der Waals surface area contributed by atoms with Crippen molar-refractivity contribution in [2.24, 2.45) is 0 Å². The SMILES string of the molecule is [2H]c1c([2H])c(N(c2ccccc2)c2ccccc2)c([2H])c([2H])c1-c1ccc(-c2ccc(N(c3ccccc3)c3cc4cccc5ccc6cccc3c6c54)cc2)cc1. The van der Waals surface area contributed by atoms with E-state index in [-0.39, 0.29) is 35.4 Å². The summed E-state index contributed by atoms with van der Waals surface area (Å²) in [5.41, 5.74) is 7.82. The minimum atomic E-state index is -0.101. The van der Waals surface area contributed by atoms with Crippen LogP contribution in [0.25, 0.3) is 54.6 Å². The lowest BCUT2D eigenvalue weighted by Gasteiger charge is -2.28. The number of benzene rings is 10. The Morgan fingerprint density at radius 3 is 1.31 bits per heavy atom. The monoisotopic (exact) mass is 692 g/mol. The third kappa shape index (κ3) is 5.62. The fourth-order valence-corrected chi connectivity index (χ4v) is 7.69. The van der Waals surface area contributed by atoms with Crippen molar-refractivity contribution in [2.45, 2.75) is 0 Å². The fourth-order valence-electron chi connectivity index (χ4n) is 7.69. The van der Waals surface area contributed by atoms with E-state index < -0.39 is 0 Å². The molecule has 54 heavy (non-hydrogen) atoms. The molecule has 0 spiro atoms. The molecule has 0 saturated carbocycles. The van der Waals surface area contributed by atoms with Crippen molar-refractivity contribution in [3.63, 3.8) is 0 Å². The van der Waals surface area contributed by atoms with Crippen LogP contribution in [-0.4, -0.2) is 0 Å². The zero-order valence-electron chi connectivity index (χ0n) is 33.4. The first-order valence-electron chi connectivity index (χ1n) is 20.2. The highest BCUT2D eigenvalue weighted by Crippen LogP contribution is 2.45. The number of rotatable bonds is 8. The van der Waals surface area contributed by atoms with Crippen molar-refractivity contribution in [2.75, 3.05) is 9.80 Å². The van der Waals surface area contributed by atoms with Crippen LogP contribution in [0.4, 0.5) is 34.1 Å². The summed E-state index contributed by atoms with van der Waals surface area (Å²) in [5.74, 6) is 0. The van der Waals surface area contributed by atoms with Crippen molar-refractivity contribution >= 4 is 66.4 Å². The van der Waals surface area contributed by atoms with E-state index >= 15 is 0 Å². The molecule has 0 bridgehead atoms. The van der Waals surface area contributed by atoms with Crippen molar-refractivity contribution in [3.8, 4) is 22.3 Å². The molecule has 0 heterocycles. The zero-order valence-corrected chi connectivity index (χ0v) is 29.4. The van der Waals surface area contributed by atoms with Crippen LogP contribution in [0.5, 0.6) is 0 Å². The van der Waals surface area contributed by atoms with Crippen LogP contribution in [0.15, 0.2) is 218 Å². The molecule has 2 nitrogen and oxygen atoms in total. The molecular formula is C52H36N2. The first kappa shape index (κ1) is 27.5. The Labute approximate surface area is 321 Å². The molecule has 0 amide bonds. The highest BCUT2D eigenvalue weighted by atomic mass is 15.1. The lowest BCUT2D eigenvalue weighted by molar-refractivity contribution is 1.28. The Hall–Kier alpha value is -7.16. The average molecular weight is 693 g/mol. The van der Waals surface area contributed by atoms with E-state index in [9.17, 15) is 2.74 Å². The van der Waals surface area contributed by atoms with Crippen LogP contribution < -0.4 is 9.80 Å². The van der Waals surface area contributed by atoms with Crippen LogP contribution in [-0.2, 0) is 0 Å². The summed E-state index contributed by atoms with van der Waals surface area (Å²) in [6.07, 6.45) is 0. The van der Waals surface area contributed by atoms with Gasteiger partial charge in [-0.3, -0.25) is 0 Å². The molecule has 10 aromatic carbocycles. The highest BCUT2D eigenvalue weighted by molar-refractivity contribution is 6.26. The maximum absolute atomic E-state index is 9.18. The van der Waals surface area contributed by atoms with Gasteiger partial charge in [0.25, 0.3) is 0 Å². The Morgan fingerprint density at radius 2 is 0.741 bits per heavy atom. The molecule has 10 aromatic rings. The first-order chi connectivity index (χ1) is 28.5. The topological polar surface area (TPSA) is 6.48 Å². The van der Waals surface area contributed by atoms with Gasteiger partial charge in [-0.2, -0.15) is 0 Å². The lowest BCUT2D eigenvalue weighted by atomic mass is 9.92. The predicted octanol–water partition coefficient (Wildman–Crippen LogP) is 14.9. The van der Waals surface area contributed by atoms with Gasteiger partial charge >= 0.3 is 0 Å². The molecule has 0 aliphatic carbocycles.